The molecule has 4 N–H and O–H groups in total. The van der Waals surface area contributed by atoms with Crippen molar-refractivity contribution in [2.24, 2.45) is 47.2 Å². The maximum Gasteiger partial charge on any atom is 0.165 e. The molecule has 42 heavy (non-hydrogen) atoms. The summed E-state index contributed by atoms with van der Waals surface area (Å²) in [5, 5.41) is 15.3. The number of nitrogens with one attached hydrogen (secondary N) is 1. The van der Waals surface area contributed by atoms with Gasteiger partial charge in [0.25, 0.3) is 0 Å². The Morgan fingerprint density at radius 2 is 1.81 bits per heavy atom. The van der Waals surface area contributed by atoms with Crippen LogP contribution in [0.4, 0.5) is 0 Å². The van der Waals surface area contributed by atoms with E-state index >= 15 is 0 Å². The Bertz CT molecular complexity index is 941. The molecule has 0 aromatic rings. The normalized spacial score (nSPS) is 41.5. The van der Waals surface area contributed by atoms with Crippen LogP contribution in [0.15, 0.2) is 11.6 Å². The van der Waals surface area contributed by atoms with Gasteiger partial charge in [0, 0.05) is 30.5 Å². The molecule has 4 bridgehead atoms. The summed E-state index contributed by atoms with van der Waals surface area (Å²) in [6.45, 7) is 3.14. The predicted molar refractivity (Wildman–Crippen MR) is 174 cm³/mol. The third kappa shape index (κ3) is 8.25. The number of fused-ring (bicyclic) bond motifs is 8. The number of aliphatic hydroxyl groups is 1. The number of piperidine rings is 1. The van der Waals surface area contributed by atoms with Crippen molar-refractivity contribution < 1.29 is 19.4 Å². The van der Waals surface area contributed by atoms with Gasteiger partial charge < -0.3 is 20.9 Å². The van der Waals surface area contributed by atoms with Crippen LogP contribution in [0.25, 0.3) is 0 Å². The van der Waals surface area contributed by atoms with Crippen molar-refractivity contribution in [2.75, 3.05) is 19.4 Å². The third-order valence-corrected chi connectivity index (χ3v) is 14.7. The van der Waals surface area contributed by atoms with Gasteiger partial charge >= 0.3 is 0 Å². The summed E-state index contributed by atoms with van der Waals surface area (Å²) in [6, 6.07) is 0. The summed E-state index contributed by atoms with van der Waals surface area (Å²) < 4.78 is 5.70. The zero-order valence-corrected chi connectivity index (χ0v) is 27.6. The van der Waals surface area contributed by atoms with Crippen LogP contribution in [0.5, 0.6) is 0 Å². The topological polar surface area (TPSA) is 102 Å². The van der Waals surface area contributed by atoms with Gasteiger partial charge in [-0.1, -0.05) is 73.1 Å². The molecule has 0 aromatic heterocycles. The van der Waals surface area contributed by atoms with Crippen molar-refractivity contribution >= 4 is 33.2 Å². The lowest BCUT2D eigenvalue weighted by Crippen LogP contribution is -2.56. The van der Waals surface area contributed by atoms with E-state index in [1.807, 2.05) is 10.8 Å². The smallest absolute Gasteiger partial charge is 0.165 e. The highest BCUT2D eigenvalue weighted by molar-refractivity contribution is 8.76. The highest BCUT2D eigenvalue weighted by Gasteiger charge is 2.46. The van der Waals surface area contributed by atoms with E-state index in [-0.39, 0.29) is 36.2 Å². The van der Waals surface area contributed by atoms with Gasteiger partial charge in [-0.2, -0.15) is 0 Å². The molecule has 6 nitrogen and oxygen atoms in total. The highest BCUT2D eigenvalue weighted by atomic mass is 33.1. The Labute approximate surface area is 262 Å². The second kappa shape index (κ2) is 15.8. The number of nitrogens with two attached hydrogens (primary N) is 1. The summed E-state index contributed by atoms with van der Waals surface area (Å²) in [5.74, 6) is 4.28. The largest absolute Gasteiger partial charge is 0.390 e. The van der Waals surface area contributed by atoms with Gasteiger partial charge in [-0.3, -0.25) is 9.59 Å². The van der Waals surface area contributed by atoms with Crippen molar-refractivity contribution in [3.05, 3.63) is 11.6 Å². The minimum atomic E-state index is -0.476. The number of ketones is 2. The first kappa shape index (κ1) is 33.0. The van der Waals surface area contributed by atoms with E-state index in [1.54, 1.807) is 7.11 Å². The van der Waals surface area contributed by atoms with Crippen LogP contribution < -0.4 is 11.1 Å². The lowest BCUT2D eigenvalue weighted by molar-refractivity contribution is -0.125. The number of methoxy groups -OCH3 is 1. The fourth-order valence-electron chi connectivity index (χ4n) is 8.98. The number of aliphatic hydroxyl groups excluding tert-OH is 1. The molecule has 5 rings (SSSR count). The molecule has 5 aliphatic rings. The van der Waals surface area contributed by atoms with E-state index < -0.39 is 6.10 Å². The first-order valence-corrected chi connectivity index (χ1v) is 19.5. The van der Waals surface area contributed by atoms with E-state index in [4.69, 9.17) is 10.5 Å². The molecule has 8 heteroatoms. The Hall–Kier alpha value is -0.380. The average molecular weight is 621 g/mol. The van der Waals surface area contributed by atoms with Crippen LogP contribution in [0.1, 0.15) is 103 Å². The van der Waals surface area contributed by atoms with Gasteiger partial charge in [-0.15, -0.1) is 0 Å². The number of hydrogen-bond acceptors (Lipinski definition) is 8. The van der Waals surface area contributed by atoms with Crippen LogP contribution >= 0.6 is 21.6 Å². The zero-order valence-electron chi connectivity index (χ0n) is 26.0. The van der Waals surface area contributed by atoms with Crippen LogP contribution in [0.2, 0.25) is 0 Å². The van der Waals surface area contributed by atoms with Gasteiger partial charge in [-0.25, -0.2) is 0 Å². The summed E-state index contributed by atoms with van der Waals surface area (Å²) in [5.41, 5.74) is 7.75. The monoisotopic (exact) mass is 620 g/mol. The van der Waals surface area contributed by atoms with Crippen molar-refractivity contribution in [3.8, 4) is 0 Å². The van der Waals surface area contributed by atoms with Crippen molar-refractivity contribution in [1.82, 2.24) is 5.32 Å². The maximum atomic E-state index is 13.5. The van der Waals surface area contributed by atoms with E-state index in [9.17, 15) is 14.7 Å². The van der Waals surface area contributed by atoms with Crippen LogP contribution in [0, 0.1) is 41.4 Å². The third-order valence-electron chi connectivity index (χ3n) is 11.7. The Balaban J connectivity index is 1.44. The number of ether oxygens (including phenoxy) is 1. The number of allylic oxidation sites excluding steroid dienone is 2. The van der Waals surface area contributed by atoms with Gasteiger partial charge in [0.15, 0.2) is 5.78 Å². The molecular weight excluding hydrogens is 565 g/mol. The summed E-state index contributed by atoms with van der Waals surface area (Å²) >= 11 is 0. The molecule has 0 aromatic carbocycles. The average Bonchev–Trinajstić information content (AvgIpc) is 3.17. The lowest BCUT2D eigenvalue weighted by atomic mass is 9.64. The van der Waals surface area contributed by atoms with Crippen molar-refractivity contribution in [1.29, 1.82) is 0 Å². The number of carbonyl (C=O) groups is 2. The molecule has 0 spiro atoms. The Morgan fingerprint density at radius 3 is 2.57 bits per heavy atom. The molecule has 2 heterocycles. The number of carbonyl (C=O) groups excluding carboxylic acids is 2. The fourth-order valence-corrected chi connectivity index (χ4v) is 12.6. The Kier molecular flexibility index (Phi) is 12.4. The molecule has 0 radical (unpaired) electrons. The van der Waals surface area contributed by atoms with E-state index in [1.165, 1.54) is 38.5 Å². The number of rotatable bonds is 4. The highest BCUT2D eigenvalue weighted by Crippen LogP contribution is 2.49. The SMILES string of the molecule is CC[C@@H]1CCC(=O)CC(=O)C2=CC3CC(OC)C(O)CC3[C@H](CC2)C2CNC(N)C(C2)[C@@H](CC2CCCCC2)SSC1. The molecule has 238 valence electrons. The molecule has 2 saturated carbocycles. The molecule has 4 fully saturated rings. The summed E-state index contributed by atoms with van der Waals surface area (Å²) in [4.78, 5) is 26.5. The number of Topliss-reactive ketones (excluding diaryl/α,β-unsaturated/α-hetero) is 2. The standard InChI is InChI=1S/C34H56N2O4S2/c1-3-21-9-11-26(37)17-30(38)23-10-12-27(28-18-31(39)32(40-2)16-24(28)14-23)25-15-29(34(35)36-19-25)33(42-41-20-21)13-22-7-5-4-6-8-22/h14,21-22,24-25,27-29,31-34,36,39H,3-13,15-20,35H2,1-2H3/t21-,24?,25?,27-,28?,29?,31?,32?,33-,34?/m1/s1. The quantitative estimate of drug-likeness (QED) is 0.249. The van der Waals surface area contributed by atoms with Gasteiger partial charge in [0.2, 0.25) is 0 Å². The van der Waals surface area contributed by atoms with Crippen LogP contribution in [-0.2, 0) is 14.3 Å². The molecule has 2 aliphatic heterocycles. The number of hydrogen-bond donors (Lipinski definition) is 3. The second-order valence-electron chi connectivity index (χ2n) is 14.2. The molecule has 10 atom stereocenters. The van der Waals surface area contributed by atoms with E-state index in [0.29, 0.717) is 47.7 Å². The predicted octanol–water partition coefficient (Wildman–Crippen LogP) is 6.30. The van der Waals surface area contributed by atoms with E-state index in [2.05, 4.69) is 29.1 Å². The molecule has 7 unspecified atom stereocenters. The van der Waals surface area contributed by atoms with Crippen LogP contribution in [-0.4, -0.2) is 59.7 Å². The maximum absolute atomic E-state index is 13.5. The van der Waals surface area contributed by atoms with Crippen molar-refractivity contribution in [2.45, 2.75) is 127 Å². The molecule has 0 amide bonds. The minimum Gasteiger partial charge on any atom is -0.390 e. The van der Waals surface area contributed by atoms with Crippen molar-refractivity contribution in [3.63, 3.8) is 0 Å². The molecule has 3 aliphatic carbocycles. The van der Waals surface area contributed by atoms with Gasteiger partial charge in [0.05, 0.1) is 24.8 Å². The zero-order chi connectivity index (χ0) is 29.6. The van der Waals surface area contributed by atoms with Gasteiger partial charge in [0.1, 0.15) is 5.78 Å². The second-order valence-corrected chi connectivity index (χ2v) is 16.9. The Morgan fingerprint density at radius 1 is 1.00 bits per heavy atom. The van der Waals surface area contributed by atoms with Gasteiger partial charge in [-0.05, 0) is 92.6 Å². The minimum absolute atomic E-state index is 0.0104. The first-order chi connectivity index (χ1) is 20.4. The summed E-state index contributed by atoms with van der Waals surface area (Å²) in [6.07, 6.45) is 16.3. The lowest BCUT2D eigenvalue weighted by Gasteiger charge is -2.47. The van der Waals surface area contributed by atoms with Crippen LogP contribution in [0.3, 0.4) is 0 Å². The molecular formula is C34H56N2O4S2. The fraction of sp³-hybridized carbons (Fsp3) is 0.882. The van der Waals surface area contributed by atoms with E-state index in [0.717, 1.165) is 62.3 Å². The molecule has 2 saturated heterocycles. The summed E-state index contributed by atoms with van der Waals surface area (Å²) in [7, 11) is 5.78. The first-order valence-electron chi connectivity index (χ1n) is 17.1.